The van der Waals surface area contributed by atoms with Gasteiger partial charge in [0.2, 0.25) is 0 Å². The van der Waals surface area contributed by atoms with E-state index >= 15 is 0 Å². The molecule has 0 radical (unpaired) electrons. The van der Waals surface area contributed by atoms with Crippen LogP contribution in [0.5, 0.6) is 5.75 Å². The van der Waals surface area contributed by atoms with Crippen molar-refractivity contribution in [2.75, 3.05) is 19.0 Å². The highest BCUT2D eigenvalue weighted by Crippen LogP contribution is 2.34. The lowest BCUT2D eigenvalue weighted by Crippen LogP contribution is -2.30. The summed E-state index contributed by atoms with van der Waals surface area (Å²) in [6.45, 7) is 1.49. The zero-order valence-corrected chi connectivity index (χ0v) is 14.0. The molecular weight excluding hydrogens is 335 g/mol. The van der Waals surface area contributed by atoms with E-state index in [1.165, 1.54) is 17.9 Å². The fourth-order valence-electron chi connectivity index (χ4n) is 2.05. The third-order valence-corrected chi connectivity index (χ3v) is 3.44. The first-order valence-corrected chi connectivity index (χ1v) is 7.41. The van der Waals surface area contributed by atoms with Gasteiger partial charge in [-0.2, -0.15) is 13.2 Å². The minimum atomic E-state index is -4.49. The number of ether oxygens (including phenoxy) is 1. The number of nitrogens with two attached hydrogens (primary N) is 1. The molecule has 2 aromatic rings. The molecule has 0 saturated heterocycles. The number of pyridine rings is 1. The maximum atomic E-state index is 13.1. The lowest BCUT2D eigenvalue weighted by molar-refractivity contribution is -0.137. The van der Waals surface area contributed by atoms with Gasteiger partial charge in [0.25, 0.3) is 5.91 Å². The number of carbonyl (C=O) groups is 1. The molecule has 2 N–H and O–H groups in total. The Balaban J connectivity index is 2.47. The number of rotatable bonds is 5. The minimum Gasteiger partial charge on any atom is -0.481 e. The number of primary amides is 1. The Labute approximate surface area is 143 Å². The SMILES string of the molecule is C[C@H](Oc1cccc(-c2cc(C(F)(F)F)cc(N(C)C)n2)c1)C(N)=O. The second kappa shape index (κ2) is 7.00. The molecule has 1 aromatic heterocycles. The molecular formula is C17H18F3N3O2. The number of aromatic nitrogens is 1. The monoisotopic (exact) mass is 353 g/mol. The Morgan fingerprint density at radius 1 is 1.24 bits per heavy atom. The Kier molecular flexibility index (Phi) is 5.20. The number of benzene rings is 1. The van der Waals surface area contributed by atoms with Gasteiger partial charge >= 0.3 is 6.18 Å². The highest BCUT2D eigenvalue weighted by Gasteiger charge is 2.32. The van der Waals surface area contributed by atoms with Crippen LogP contribution in [0, 0.1) is 0 Å². The number of alkyl halides is 3. The zero-order chi connectivity index (χ0) is 18.8. The number of halogens is 3. The average molecular weight is 353 g/mol. The smallest absolute Gasteiger partial charge is 0.416 e. The highest BCUT2D eigenvalue weighted by molar-refractivity contribution is 5.78. The van der Waals surface area contributed by atoms with Crippen LogP contribution >= 0.6 is 0 Å². The standard InChI is InChI=1S/C17H18F3N3O2/c1-10(16(21)24)25-13-6-4-5-11(7-13)14-8-12(17(18,19)20)9-15(22-14)23(2)3/h4-10H,1-3H3,(H2,21,24)/t10-/m0/s1. The largest absolute Gasteiger partial charge is 0.481 e. The molecule has 1 heterocycles. The van der Waals surface area contributed by atoms with Gasteiger partial charge in [0.15, 0.2) is 6.10 Å². The van der Waals surface area contributed by atoms with Crippen LogP contribution in [0.15, 0.2) is 36.4 Å². The molecule has 1 amide bonds. The summed E-state index contributed by atoms with van der Waals surface area (Å²) in [5.74, 6) is -0.145. The molecule has 2 rings (SSSR count). The van der Waals surface area contributed by atoms with Gasteiger partial charge in [-0.3, -0.25) is 4.79 Å². The van der Waals surface area contributed by atoms with E-state index < -0.39 is 23.8 Å². The molecule has 5 nitrogen and oxygen atoms in total. The predicted octanol–water partition coefficient (Wildman–Crippen LogP) is 3.09. The summed E-state index contributed by atoms with van der Waals surface area (Å²) in [7, 11) is 3.22. The first kappa shape index (κ1) is 18.6. The molecule has 0 bridgehead atoms. The van der Waals surface area contributed by atoms with Crippen molar-refractivity contribution in [2.24, 2.45) is 5.73 Å². The van der Waals surface area contributed by atoms with Crippen LogP contribution in [0.1, 0.15) is 12.5 Å². The van der Waals surface area contributed by atoms with Gasteiger partial charge in [-0.1, -0.05) is 12.1 Å². The lowest BCUT2D eigenvalue weighted by atomic mass is 10.1. The quantitative estimate of drug-likeness (QED) is 0.897. The van der Waals surface area contributed by atoms with Gasteiger partial charge < -0.3 is 15.4 Å². The summed E-state index contributed by atoms with van der Waals surface area (Å²) in [6.07, 6.45) is -5.35. The molecule has 1 atom stereocenters. The van der Waals surface area contributed by atoms with Crippen molar-refractivity contribution in [3.05, 3.63) is 42.0 Å². The Morgan fingerprint density at radius 2 is 1.92 bits per heavy atom. The summed E-state index contributed by atoms with van der Waals surface area (Å²) in [5.41, 5.74) is 4.94. The fraction of sp³-hybridized carbons (Fsp3) is 0.294. The number of hydrogen-bond donors (Lipinski definition) is 1. The van der Waals surface area contributed by atoms with Crippen molar-refractivity contribution < 1.29 is 22.7 Å². The molecule has 0 spiro atoms. The van der Waals surface area contributed by atoms with Crippen LogP contribution < -0.4 is 15.4 Å². The van der Waals surface area contributed by atoms with Crippen LogP contribution in [0.4, 0.5) is 19.0 Å². The fourth-order valence-corrected chi connectivity index (χ4v) is 2.05. The van der Waals surface area contributed by atoms with Crippen LogP contribution in [0.25, 0.3) is 11.3 Å². The van der Waals surface area contributed by atoms with Crippen LogP contribution in [0.2, 0.25) is 0 Å². The van der Waals surface area contributed by atoms with E-state index in [2.05, 4.69) is 4.98 Å². The first-order chi connectivity index (χ1) is 11.6. The summed E-state index contributed by atoms with van der Waals surface area (Å²) in [5, 5.41) is 0. The summed E-state index contributed by atoms with van der Waals surface area (Å²) in [4.78, 5) is 16.8. The third-order valence-electron chi connectivity index (χ3n) is 3.44. The van der Waals surface area contributed by atoms with E-state index in [0.29, 0.717) is 11.3 Å². The van der Waals surface area contributed by atoms with E-state index in [4.69, 9.17) is 10.5 Å². The second-order valence-electron chi connectivity index (χ2n) is 5.68. The zero-order valence-electron chi connectivity index (χ0n) is 14.0. The van der Waals surface area contributed by atoms with Crippen molar-refractivity contribution in [2.45, 2.75) is 19.2 Å². The first-order valence-electron chi connectivity index (χ1n) is 7.41. The number of carbonyl (C=O) groups excluding carboxylic acids is 1. The second-order valence-corrected chi connectivity index (χ2v) is 5.68. The predicted molar refractivity (Wildman–Crippen MR) is 88.3 cm³/mol. The minimum absolute atomic E-state index is 0.149. The van der Waals surface area contributed by atoms with Crippen molar-refractivity contribution in [3.8, 4) is 17.0 Å². The highest BCUT2D eigenvalue weighted by atomic mass is 19.4. The molecule has 0 aliphatic rings. The molecule has 1 aromatic carbocycles. The van der Waals surface area contributed by atoms with Crippen molar-refractivity contribution in [3.63, 3.8) is 0 Å². The molecule has 8 heteroatoms. The van der Waals surface area contributed by atoms with Gasteiger partial charge in [0.05, 0.1) is 11.3 Å². The van der Waals surface area contributed by atoms with Gasteiger partial charge in [0.1, 0.15) is 11.6 Å². The van der Waals surface area contributed by atoms with Crippen LogP contribution in [-0.4, -0.2) is 31.1 Å². The summed E-state index contributed by atoms with van der Waals surface area (Å²) >= 11 is 0. The third kappa shape index (κ3) is 4.62. The summed E-state index contributed by atoms with van der Waals surface area (Å²) in [6, 6.07) is 8.28. The molecule has 25 heavy (non-hydrogen) atoms. The Bertz CT molecular complexity index is 776. The number of hydrogen-bond acceptors (Lipinski definition) is 4. The molecule has 0 aliphatic carbocycles. The van der Waals surface area contributed by atoms with E-state index in [-0.39, 0.29) is 11.5 Å². The summed E-state index contributed by atoms with van der Waals surface area (Å²) < 4.78 is 44.8. The lowest BCUT2D eigenvalue weighted by Gasteiger charge is -2.17. The Hall–Kier alpha value is -2.77. The van der Waals surface area contributed by atoms with E-state index in [1.54, 1.807) is 32.3 Å². The molecule has 134 valence electrons. The topological polar surface area (TPSA) is 68.4 Å². The van der Waals surface area contributed by atoms with Crippen molar-refractivity contribution in [1.29, 1.82) is 0 Å². The molecule has 0 saturated carbocycles. The number of nitrogens with zero attached hydrogens (tertiary/aromatic N) is 2. The Morgan fingerprint density at radius 3 is 2.48 bits per heavy atom. The van der Waals surface area contributed by atoms with Gasteiger partial charge in [0, 0.05) is 19.7 Å². The van der Waals surface area contributed by atoms with Gasteiger partial charge in [-0.25, -0.2) is 4.98 Å². The van der Waals surface area contributed by atoms with Crippen LogP contribution in [0.3, 0.4) is 0 Å². The number of amides is 1. The normalized spacial score (nSPS) is 12.6. The van der Waals surface area contributed by atoms with Crippen LogP contribution in [-0.2, 0) is 11.0 Å². The average Bonchev–Trinajstić information content (AvgIpc) is 2.53. The van der Waals surface area contributed by atoms with Gasteiger partial charge in [-0.15, -0.1) is 0 Å². The van der Waals surface area contributed by atoms with E-state index in [9.17, 15) is 18.0 Å². The molecule has 0 aliphatic heterocycles. The maximum Gasteiger partial charge on any atom is 0.416 e. The van der Waals surface area contributed by atoms with E-state index in [1.807, 2.05) is 0 Å². The number of anilines is 1. The van der Waals surface area contributed by atoms with Crippen molar-refractivity contribution in [1.82, 2.24) is 4.98 Å². The molecule has 0 fully saturated rings. The van der Waals surface area contributed by atoms with Crippen molar-refractivity contribution >= 4 is 11.7 Å². The van der Waals surface area contributed by atoms with E-state index in [0.717, 1.165) is 12.1 Å². The van der Waals surface area contributed by atoms with Gasteiger partial charge in [-0.05, 0) is 31.2 Å². The maximum absolute atomic E-state index is 13.1. The molecule has 0 unspecified atom stereocenters.